The van der Waals surface area contributed by atoms with E-state index < -0.39 is 20.2 Å². The van der Waals surface area contributed by atoms with Crippen LogP contribution in [0.15, 0.2) is 70.5 Å². The second-order valence-electron chi connectivity index (χ2n) is 13.4. The fourth-order valence-electron chi connectivity index (χ4n) is 9.19. The van der Waals surface area contributed by atoms with Crippen molar-refractivity contribution >= 4 is 65.4 Å². The van der Waals surface area contributed by atoms with Gasteiger partial charge in [-0.2, -0.15) is 16.8 Å². The Morgan fingerprint density at radius 1 is 0.605 bits per heavy atom. The summed E-state index contributed by atoms with van der Waals surface area (Å²) < 4.78 is 69.2. The van der Waals surface area contributed by atoms with Crippen molar-refractivity contribution in [1.29, 1.82) is 0 Å². The first-order chi connectivity index (χ1) is 20.4. The normalized spacial score (nSPS) is 35.1. The molecule has 226 valence electrons. The van der Waals surface area contributed by atoms with Gasteiger partial charge >= 0.3 is 10.1 Å². The van der Waals surface area contributed by atoms with Gasteiger partial charge in [-0.05, 0) is 166 Å². The van der Waals surface area contributed by atoms with Crippen molar-refractivity contribution in [2.45, 2.75) is 66.1 Å². The lowest BCUT2D eigenvalue weighted by atomic mass is 9.77. The van der Waals surface area contributed by atoms with E-state index in [-0.39, 0.29) is 29.6 Å². The third-order valence-electron chi connectivity index (χ3n) is 10.9. The van der Waals surface area contributed by atoms with Crippen LogP contribution >= 0.6 is 45.2 Å². The third kappa shape index (κ3) is 5.00. The molecule has 1 N–H and O–H groups in total. The van der Waals surface area contributed by atoms with Gasteiger partial charge in [-0.15, -0.1) is 0 Å². The van der Waals surface area contributed by atoms with Crippen molar-refractivity contribution in [3.8, 4) is 5.75 Å². The molecular formula is C33H32I2O6S2. The molecule has 0 heterocycles. The van der Waals surface area contributed by atoms with E-state index in [0.717, 1.165) is 43.2 Å². The van der Waals surface area contributed by atoms with Crippen molar-refractivity contribution < 1.29 is 25.6 Å². The van der Waals surface area contributed by atoms with Gasteiger partial charge in [-0.3, -0.25) is 4.55 Å². The minimum atomic E-state index is -4.48. The van der Waals surface area contributed by atoms with Crippen LogP contribution in [0.4, 0.5) is 0 Å². The monoisotopic (exact) mass is 842 g/mol. The molecular weight excluding hydrogens is 810 g/mol. The molecule has 6 bridgehead atoms. The summed E-state index contributed by atoms with van der Waals surface area (Å²) in [4.78, 5) is 0.0855. The number of hydrogen-bond acceptors (Lipinski definition) is 5. The maximum Gasteiger partial charge on any atom is 0.339 e. The Hall–Kier alpha value is -1.22. The first-order valence-electron chi connectivity index (χ1n) is 15.1. The number of benzene rings is 2. The maximum atomic E-state index is 14.6. The van der Waals surface area contributed by atoms with Crippen LogP contribution in [-0.2, 0) is 20.2 Å². The second-order valence-corrected chi connectivity index (χ2v) is 18.6. The number of fused-ring (bicyclic) bond motifs is 6. The standard InChI is InChI=1S/C33H32I2O6S2/c34-30-15-24(16-31(35)33(30)42(36,37)38)41-43(39,40)32-28(26-11-18-2-5-21(26)8-18)13-23(25-10-17-1-4-20(25)7-17)14-29(32)27-12-19-3-6-22(27)9-19/h1-6,13-22,25-27H,7-12H2,(H,36,37,38). The van der Waals surface area contributed by atoms with Crippen LogP contribution in [0, 0.1) is 42.6 Å². The van der Waals surface area contributed by atoms with Crippen LogP contribution in [-0.4, -0.2) is 21.4 Å². The van der Waals surface area contributed by atoms with Crippen LogP contribution in [0.25, 0.3) is 0 Å². The summed E-state index contributed by atoms with van der Waals surface area (Å²) in [5, 5.41) is 0. The summed E-state index contributed by atoms with van der Waals surface area (Å²) in [5.41, 5.74) is 3.09. The van der Waals surface area contributed by atoms with Gasteiger partial charge in [0, 0.05) is 7.14 Å². The zero-order chi connectivity index (χ0) is 29.8. The summed E-state index contributed by atoms with van der Waals surface area (Å²) in [6, 6.07) is 7.19. The van der Waals surface area contributed by atoms with Gasteiger partial charge in [-0.1, -0.05) is 48.6 Å². The number of allylic oxidation sites excluding steroid dienone is 6. The predicted molar refractivity (Wildman–Crippen MR) is 180 cm³/mol. The van der Waals surface area contributed by atoms with E-state index in [4.69, 9.17) is 4.18 Å². The SMILES string of the molecule is O=S(=O)(O)c1c(I)cc(OS(=O)(=O)c2c(C3CC4C=CC3C4)cc(C3CC4C=CC3C4)cc2C2CC3C=CC2C3)cc1I. The highest BCUT2D eigenvalue weighted by Gasteiger charge is 2.46. The van der Waals surface area contributed by atoms with Crippen LogP contribution in [0.3, 0.4) is 0 Å². The van der Waals surface area contributed by atoms with Crippen molar-refractivity contribution in [2.75, 3.05) is 0 Å². The van der Waals surface area contributed by atoms with Crippen molar-refractivity contribution in [3.05, 3.63) is 84.6 Å². The summed E-state index contributed by atoms with van der Waals surface area (Å²) in [6.07, 6.45) is 20.2. The van der Waals surface area contributed by atoms with Crippen LogP contribution in [0.5, 0.6) is 5.75 Å². The van der Waals surface area contributed by atoms with Crippen molar-refractivity contribution in [1.82, 2.24) is 0 Å². The fraction of sp³-hybridized carbons (Fsp3) is 0.455. The van der Waals surface area contributed by atoms with Gasteiger partial charge < -0.3 is 4.18 Å². The van der Waals surface area contributed by atoms with Crippen LogP contribution in [0.2, 0.25) is 0 Å². The lowest BCUT2D eigenvalue weighted by Crippen LogP contribution is -2.22. The molecule has 0 aliphatic heterocycles. The third-order valence-corrected chi connectivity index (χ3v) is 15.7. The Morgan fingerprint density at radius 3 is 1.42 bits per heavy atom. The molecule has 6 nitrogen and oxygen atoms in total. The van der Waals surface area contributed by atoms with E-state index in [9.17, 15) is 21.4 Å². The van der Waals surface area contributed by atoms with E-state index in [0.29, 0.717) is 46.3 Å². The summed E-state index contributed by atoms with van der Waals surface area (Å²) in [7, 11) is -8.77. The summed E-state index contributed by atoms with van der Waals surface area (Å²) in [5.74, 6) is 3.40. The molecule has 8 rings (SSSR count). The minimum Gasteiger partial charge on any atom is -0.379 e. The van der Waals surface area contributed by atoms with Crippen molar-refractivity contribution in [2.24, 2.45) is 35.5 Å². The van der Waals surface area contributed by atoms with Gasteiger partial charge in [-0.25, -0.2) is 0 Å². The second kappa shape index (κ2) is 10.4. The fourth-order valence-corrected chi connectivity index (χ4v) is 14.6. The van der Waals surface area contributed by atoms with E-state index in [1.165, 1.54) is 24.1 Å². The zero-order valence-electron chi connectivity index (χ0n) is 23.3. The Kier molecular flexibility index (Phi) is 7.06. The number of hydrogen-bond donors (Lipinski definition) is 1. The van der Waals surface area contributed by atoms with Crippen molar-refractivity contribution in [3.63, 3.8) is 0 Å². The smallest absolute Gasteiger partial charge is 0.339 e. The van der Waals surface area contributed by atoms with E-state index >= 15 is 0 Å². The zero-order valence-corrected chi connectivity index (χ0v) is 29.2. The maximum absolute atomic E-state index is 14.6. The minimum absolute atomic E-state index is 0.0427. The van der Waals surface area contributed by atoms with Gasteiger partial charge in [0.1, 0.15) is 15.5 Å². The van der Waals surface area contributed by atoms with E-state index in [2.05, 4.69) is 48.6 Å². The molecule has 2 aromatic rings. The molecule has 3 saturated carbocycles. The van der Waals surface area contributed by atoms with Crippen LogP contribution in [0.1, 0.15) is 73.0 Å². The molecule has 9 unspecified atom stereocenters. The van der Waals surface area contributed by atoms with Crippen LogP contribution < -0.4 is 4.18 Å². The first kappa shape index (κ1) is 29.2. The topological polar surface area (TPSA) is 97.7 Å². The molecule has 10 heteroatoms. The molecule has 0 amide bonds. The Bertz CT molecular complexity index is 1770. The van der Waals surface area contributed by atoms with E-state index in [1.807, 2.05) is 0 Å². The molecule has 6 aliphatic rings. The lowest BCUT2D eigenvalue weighted by Gasteiger charge is -2.30. The van der Waals surface area contributed by atoms with Gasteiger partial charge in [0.05, 0.1) is 0 Å². The molecule has 0 aromatic heterocycles. The molecule has 0 radical (unpaired) electrons. The van der Waals surface area contributed by atoms with Gasteiger partial charge in [0.15, 0.2) is 0 Å². The molecule has 9 atom stereocenters. The Labute approximate surface area is 280 Å². The molecule has 0 spiro atoms. The lowest BCUT2D eigenvalue weighted by molar-refractivity contribution is 0.472. The molecule has 6 aliphatic carbocycles. The summed E-state index contributed by atoms with van der Waals surface area (Å²) in [6.45, 7) is 0. The highest BCUT2D eigenvalue weighted by molar-refractivity contribution is 14.1. The highest BCUT2D eigenvalue weighted by Crippen LogP contribution is 2.57. The highest BCUT2D eigenvalue weighted by atomic mass is 127. The quantitative estimate of drug-likeness (QED) is 0.132. The Morgan fingerprint density at radius 2 is 1.05 bits per heavy atom. The first-order valence-corrected chi connectivity index (χ1v) is 20.1. The summed E-state index contributed by atoms with van der Waals surface area (Å²) >= 11 is 3.60. The number of halogens is 2. The predicted octanol–water partition coefficient (Wildman–Crippen LogP) is 7.95. The Balaban J connectivity index is 1.29. The molecule has 43 heavy (non-hydrogen) atoms. The average Bonchev–Trinajstić information content (AvgIpc) is 3.79. The van der Waals surface area contributed by atoms with Gasteiger partial charge in [0.25, 0.3) is 10.1 Å². The molecule has 3 fully saturated rings. The van der Waals surface area contributed by atoms with E-state index in [1.54, 1.807) is 45.2 Å². The molecule has 2 aromatic carbocycles. The number of rotatable bonds is 7. The van der Waals surface area contributed by atoms with Gasteiger partial charge in [0.2, 0.25) is 0 Å². The average molecular weight is 843 g/mol. The molecule has 0 saturated heterocycles. The largest absolute Gasteiger partial charge is 0.379 e.